The van der Waals surface area contributed by atoms with Crippen molar-refractivity contribution in [3.05, 3.63) is 0 Å². The second-order valence-electron chi connectivity index (χ2n) is 7.17. The molecule has 0 unspecified atom stereocenters. The lowest BCUT2D eigenvalue weighted by molar-refractivity contribution is 0.0472. The van der Waals surface area contributed by atoms with Gasteiger partial charge in [-0.15, -0.1) is 0 Å². The van der Waals surface area contributed by atoms with E-state index in [1.54, 1.807) is 0 Å². The van der Waals surface area contributed by atoms with Crippen LogP contribution < -0.4 is 5.73 Å². The van der Waals surface area contributed by atoms with Gasteiger partial charge in [0.15, 0.2) is 0 Å². The minimum Gasteiger partial charge on any atom is -0.328 e. The first-order valence-electron chi connectivity index (χ1n) is 8.87. The topological polar surface area (TPSA) is 32.5 Å². The van der Waals surface area contributed by atoms with Gasteiger partial charge in [-0.3, -0.25) is 4.90 Å². The summed E-state index contributed by atoms with van der Waals surface area (Å²) in [6, 6.07) is 2.82. The Morgan fingerprint density at radius 2 is 1.55 bits per heavy atom. The van der Waals surface area contributed by atoms with Crippen LogP contribution in [-0.2, 0) is 0 Å². The van der Waals surface area contributed by atoms with Gasteiger partial charge in [-0.1, -0.05) is 6.92 Å². The Hall–Kier alpha value is -0.120. The van der Waals surface area contributed by atoms with E-state index >= 15 is 0 Å². The van der Waals surface area contributed by atoms with Crippen molar-refractivity contribution in [1.29, 1.82) is 0 Å². The molecule has 2 rings (SSSR count). The van der Waals surface area contributed by atoms with Gasteiger partial charge >= 0.3 is 0 Å². The van der Waals surface area contributed by atoms with Crippen molar-refractivity contribution in [3.63, 3.8) is 0 Å². The van der Waals surface area contributed by atoms with Crippen LogP contribution in [0.4, 0.5) is 0 Å². The summed E-state index contributed by atoms with van der Waals surface area (Å²) in [5, 5.41) is 0. The number of rotatable bonds is 5. The highest BCUT2D eigenvalue weighted by Crippen LogP contribution is 2.28. The van der Waals surface area contributed by atoms with E-state index in [9.17, 15) is 0 Å². The standard InChI is InChI=1S/C17H35N3/c1-4-11-20(16-7-5-15(18)6-8-16)17-9-12-19(13-10-17)14(2)3/h14-17H,4-13,18H2,1-3H3. The molecule has 0 spiro atoms. The molecule has 3 heteroatoms. The van der Waals surface area contributed by atoms with Gasteiger partial charge in [-0.2, -0.15) is 0 Å². The minimum atomic E-state index is 0.470. The number of hydrogen-bond donors (Lipinski definition) is 1. The number of likely N-dealkylation sites (tertiary alicyclic amines) is 1. The summed E-state index contributed by atoms with van der Waals surface area (Å²) in [4.78, 5) is 5.49. The van der Waals surface area contributed by atoms with Gasteiger partial charge in [0.25, 0.3) is 0 Å². The van der Waals surface area contributed by atoms with E-state index in [2.05, 4.69) is 30.6 Å². The monoisotopic (exact) mass is 281 g/mol. The molecule has 2 aliphatic rings. The molecule has 0 aromatic carbocycles. The third kappa shape index (κ3) is 4.19. The summed E-state index contributed by atoms with van der Waals surface area (Å²) in [5.74, 6) is 0. The second-order valence-corrected chi connectivity index (χ2v) is 7.17. The molecule has 2 fully saturated rings. The lowest BCUT2D eigenvalue weighted by Gasteiger charge is -2.45. The van der Waals surface area contributed by atoms with Gasteiger partial charge in [0.2, 0.25) is 0 Å². The number of hydrogen-bond acceptors (Lipinski definition) is 3. The van der Waals surface area contributed by atoms with E-state index < -0.39 is 0 Å². The molecule has 2 N–H and O–H groups in total. The van der Waals surface area contributed by atoms with Gasteiger partial charge < -0.3 is 10.6 Å². The molecule has 0 radical (unpaired) electrons. The predicted molar refractivity (Wildman–Crippen MR) is 87.0 cm³/mol. The SMILES string of the molecule is CCCN(C1CCC(N)CC1)C1CCN(C(C)C)CC1. The first-order valence-corrected chi connectivity index (χ1v) is 8.87. The highest BCUT2D eigenvalue weighted by molar-refractivity contribution is 4.88. The van der Waals surface area contributed by atoms with Crippen LogP contribution in [0.1, 0.15) is 65.7 Å². The smallest absolute Gasteiger partial charge is 0.0122 e. The summed E-state index contributed by atoms with van der Waals surface area (Å²) < 4.78 is 0. The number of piperidine rings is 1. The fraction of sp³-hybridized carbons (Fsp3) is 1.00. The van der Waals surface area contributed by atoms with Crippen LogP contribution in [0.5, 0.6) is 0 Å². The molecule has 0 atom stereocenters. The first-order chi connectivity index (χ1) is 9.61. The normalized spacial score (nSPS) is 30.3. The molecule has 1 saturated heterocycles. The molecule has 20 heavy (non-hydrogen) atoms. The summed E-state index contributed by atoms with van der Waals surface area (Å²) in [6.45, 7) is 10.8. The van der Waals surface area contributed by atoms with E-state index in [-0.39, 0.29) is 0 Å². The molecule has 118 valence electrons. The third-order valence-corrected chi connectivity index (χ3v) is 5.39. The van der Waals surface area contributed by atoms with Gasteiger partial charge in [0, 0.05) is 24.2 Å². The molecule has 0 aromatic heterocycles. The Balaban J connectivity index is 1.89. The first kappa shape index (κ1) is 16.3. The summed E-state index contributed by atoms with van der Waals surface area (Å²) >= 11 is 0. The maximum atomic E-state index is 6.08. The molecular formula is C17H35N3. The average Bonchev–Trinajstić information content (AvgIpc) is 2.46. The molecule has 0 amide bonds. The van der Waals surface area contributed by atoms with Crippen molar-refractivity contribution < 1.29 is 0 Å². The van der Waals surface area contributed by atoms with Gasteiger partial charge in [0.05, 0.1) is 0 Å². The zero-order chi connectivity index (χ0) is 14.5. The van der Waals surface area contributed by atoms with Crippen molar-refractivity contribution in [2.45, 2.75) is 89.9 Å². The Labute approximate surface area is 125 Å². The highest BCUT2D eigenvalue weighted by Gasteiger charge is 2.31. The maximum Gasteiger partial charge on any atom is 0.0122 e. The van der Waals surface area contributed by atoms with Crippen LogP contribution in [0.3, 0.4) is 0 Å². The van der Waals surface area contributed by atoms with Crippen LogP contribution in [0.25, 0.3) is 0 Å². The molecule has 0 bridgehead atoms. The fourth-order valence-electron chi connectivity index (χ4n) is 4.09. The van der Waals surface area contributed by atoms with Gasteiger partial charge in [-0.25, -0.2) is 0 Å². The van der Waals surface area contributed by atoms with E-state index in [1.165, 1.54) is 64.6 Å². The van der Waals surface area contributed by atoms with Crippen LogP contribution >= 0.6 is 0 Å². The lowest BCUT2D eigenvalue weighted by atomic mass is 9.88. The Morgan fingerprint density at radius 3 is 2.05 bits per heavy atom. The largest absolute Gasteiger partial charge is 0.328 e. The maximum absolute atomic E-state index is 6.08. The molecule has 1 aliphatic carbocycles. The summed E-state index contributed by atoms with van der Waals surface area (Å²) in [7, 11) is 0. The Bertz CT molecular complexity index is 263. The molecule has 3 nitrogen and oxygen atoms in total. The van der Waals surface area contributed by atoms with Crippen LogP contribution in [-0.4, -0.2) is 53.6 Å². The van der Waals surface area contributed by atoms with Crippen LogP contribution in [0, 0.1) is 0 Å². The minimum absolute atomic E-state index is 0.470. The molecular weight excluding hydrogens is 246 g/mol. The molecule has 1 heterocycles. The third-order valence-electron chi connectivity index (χ3n) is 5.39. The number of nitrogens with zero attached hydrogens (tertiary/aromatic N) is 2. The summed E-state index contributed by atoms with van der Waals surface area (Å²) in [5.41, 5.74) is 6.08. The van der Waals surface area contributed by atoms with E-state index in [0.717, 1.165) is 12.1 Å². The van der Waals surface area contributed by atoms with Crippen molar-refractivity contribution in [2.24, 2.45) is 5.73 Å². The van der Waals surface area contributed by atoms with E-state index in [4.69, 9.17) is 5.73 Å². The van der Waals surface area contributed by atoms with Gasteiger partial charge in [-0.05, 0) is 78.4 Å². The Morgan fingerprint density at radius 1 is 1.00 bits per heavy atom. The van der Waals surface area contributed by atoms with Crippen LogP contribution in [0.15, 0.2) is 0 Å². The fourth-order valence-corrected chi connectivity index (χ4v) is 4.09. The zero-order valence-electron chi connectivity index (χ0n) is 13.9. The quantitative estimate of drug-likeness (QED) is 0.841. The van der Waals surface area contributed by atoms with Gasteiger partial charge in [0.1, 0.15) is 0 Å². The predicted octanol–water partition coefficient (Wildman–Crippen LogP) is 2.84. The lowest BCUT2D eigenvalue weighted by Crippen LogP contribution is -2.51. The van der Waals surface area contributed by atoms with E-state index in [1.807, 2.05) is 0 Å². The molecule has 1 saturated carbocycles. The van der Waals surface area contributed by atoms with E-state index in [0.29, 0.717) is 12.1 Å². The number of nitrogens with two attached hydrogens (primary N) is 1. The van der Waals surface area contributed by atoms with Crippen molar-refractivity contribution in [3.8, 4) is 0 Å². The highest BCUT2D eigenvalue weighted by atomic mass is 15.2. The average molecular weight is 281 g/mol. The zero-order valence-corrected chi connectivity index (χ0v) is 13.9. The van der Waals surface area contributed by atoms with Crippen molar-refractivity contribution >= 4 is 0 Å². The molecule has 1 aliphatic heterocycles. The van der Waals surface area contributed by atoms with Crippen molar-refractivity contribution in [1.82, 2.24) is 9.80 Å². The second kappa shape index (κ2) is 7.77. The summed E-state index contributed by atoms with van der Waals surface area (Å²) in [6.07, 6.45) is 9.12. The Kier molecular flexibility index (Phi) is 6.31. The van der Waals surface area contributed by atoms with Crippen molar-refractivity contribution in [2.75, 3.05) is 19.6 Å². The van der Waals surface area contributed by atoms with Crippen LogP contribution in [0.2, 0.25) is 0 Å². The molecule has 0 aromatic rings.